The summed E-state index contributed by atoms with van der Waals surface area (Å²) in [6.45, 7) is 10.8. The third kappa shape index (κ3) is 8.25. The van der Waals surface area contributed by atoms with Crippen LogP contribution in [0.25, 0.3) is 0 Å². The first kappa shape index (κ1) is 12.9. The summed E-state index contributed by atoms with van der Waals surface area (Å²) in [7, 11) is -3.40. The van der Waals surface area contributed by atoms with E-state index in [1.165, 1.54) is 0 Å². The molecule has 0 saturated heterocycles. The second-order valence-corrected chi connectivity index (χ2v) is 7.03. The molecule has 0 aliphatic rings. The minimum Gasteiger partial charge on any atom is -0.264 e. The molecule has 0 bridgehead atoms. The van der Waals surface area contributed by atoms with E-state index < -0.39 is 15.7 Å². The van der Waals surface area contributed by atoms with Gasteiger partial charge in [-0.25, -0.2) is 0 Å². The third-order valence-electron chi connectivity index (χ3n) is 0.987. The zero-order chi connectivity index (χ0) is 10.9. The standard InChI is InChI=1S/C9H20O3S/c1-8(2,3)7-13(10,11)12-9(4,5)6/h7H2,1-6H3. The van der Waals surface area contributed by atoms with Crippen LogP contribution in [0.15, 0.2) is 0 Å². The first-order valence-electron chi connectivity index (χ1n) is 4.35. The van der Waals surface area contributed by atoms with Crippen LogP contribution in [0.2, 0.25) is 0 Å². The van der Waals surface area contributed by atoms with Crippen molar-refractivity contribution in [3.05, 3.63) is 0 Å². The van der Waals surface area contributed by atoms with Gasteiger partial charge in [0.15, 0.2) is 0 Å². The molecule has 0 N–H and O–H groups in total. The van der Waals surface area contributed by atoms with Gasteiger partial charge in [-0.05, 0) is 26.2 Å². The van der Waals surface area contributed by atoms with Crippen LogP contribution in [0.4, 0.5) is 0 Å². The van der Waals surface area contributed by atoms with Crippen molar-refractivity contribution in [1.82, 2.24) is 0 Å². The third-order valence-corrected chi connectivity index (χ3v) is 2.96. The minimum absolute atomic E-state index is 0.0528. The molecule has 80 valence electrons. The summed E-state index contributed by atoms with van der Waals surface area (Å²) < 4.78 is 27.9. The van der Waals surface area contributed by atoms with E-state index in [0.717, 1.165) is 0 Å². The molecule has 0 amide bonds. The summed E-state index contributed by atoms with van der Waals surface area (Å²) in [4.78, 5) is 0. The zero-order valence-electron chi connectivity index (χ0n) is 9.34. The van der Waals surface area contributed by atoms with E-state index in [-0.39, 0.29) is 11.2 Å². The Labute approximate surface area is 81.6 Å². The fraction of sp³-hybridized carbons (Fsp3) is 1.00. The molecule has 0 spiro atoms. The first-order chi connectivity index (χ1) is 5.41. The van der Waals surface area contributed by atoms with Gasteiger partial charge >= 0.3 is 0 Å². The summed E-state index contributed by atoms with van der Waals surface area (Å²) in [5.41, 5.74) is -0.895. The van der Waals surface area contributed by atoms with Gasteiger partial charge in [0.05, 0.1) is 11.4 Å². The van der Waals surface area contributed by atoms with Crippen LogP contribution in [0.5, 0.6) is 0 Å². The van der Waals surface area contributed by atoms with E-state index >= 15 is 0 Å². The van der Waals surface area contributed by atoms with Gasteiger partial charge in [0.2, 0.25) is 0 Å². The summed E-state index contributed by atoms with van der Waals surface area (Å²) in [5.74, 6) is 0.0528. The molecule has 0 fully saturated rings. The highest BCUT2D eigenvalue weighted by Gasteiger charge is 2.27. The van der Waals surface area contributed by atoms with Crippen LogP contribution in [0.3, 0.4) is 0 Å². The van der Waals surface area contributed by atoms with Gasteiger partial charge in [-0.15, -0.1) is 0 Å². The Balaban J connectivity index is 4.46. The van der Waals surface area contributed by atoms with Gasteiger partial charge in [-0.3, -0.25) is 4.18 Å². The van der Waals surface area contributed by atoms with Crippen LogP contribution in [0, 0.1) is 5.41 Å². The van der Waals surface area contributed by atoms with E-state index in [2.05, 4.69) is 0 Å². The molecule has 0 aliphatic carbocycles. The Morgan fingerprint density at radius 3 is 1.62 bits per heavy atom. The predicted octanol–water partition coefficient (Wildman–Crippen LogP) is 2.18. The van der Waals surface area contributed by atoms with Crippen LogP contribution in [-0.4, -0.2) is 19.8 Å². The van der Waals surface area contributed by atoms with Crippen molar-refractivity contribution < 1.29 is 12.6 Å². The Kier molecular flexibility index (Phi) is 3.55. The van der Waals surface area contributed by atoms with Gasteiger partial charge in [-0.1, -0.05) is 20.8 Å². The van der Waals surface area contributed by atoms with Crippen LogP contribution < -0.4 is 0 Å². The molecule has 0 aromatic heterocycles. The van der Waals surface area contributed by atoms with Crippen molar-refractivity contribution >= 4 is 10.1 Å². The molecule has 0 saturated carbocycles. The Morgan fingerprint density at radius 2 is 1.38 bits per heavy atom. The maximum absolute atomic E-state index is 11.4. The molecule has 0 aromatic rings. The van der Waals surface area contributed by atoms with E-state index in [1.54, 1.807) is 20.8 Å². The lowest BCUT2D eigenvalue weighted by Gasteiger charge is -2.23. The van der Waals surface area contributed by atoms with Gasteiger partial charge in [-0.2, -0.15) is 8.42 Å². The molecule has 0 atom stereocenters. The zero-order valence-corrected chi connectivity index (χ0v) is 10.2. The van der Waals surface area contributed by atoms with Crippen molar-refractivity contribution in [3.8, 4) is 0 Å². The summed E-state index contributed by atoms with van der Waals surface area (Å²) in [6, 6.07) is 0. The largest absolute Gasteiger partial charge is 0.268 e. The first-order valence-corrected chi connectivity index (χ1v) is 5.92. The molecule has 0 rings (SSSR count). The lowest BCUT2D eigenvalue weighted by molar-refractivity contribution is 0.137. The molecular weight excluding hydrogens is 188 g/mol. The van der Waals surface area contributed by atoms with Crippen molar-refractivity contribution in [3.63, 3.8) is 0 Å². The lowest BCUT2D eigenvalue weighted by atomic mass is 10.0. The molecule has 3 nitrogen and oxygen atoms in total. The van der Waals surface area contributed by atoms with Crippen LogP contribution in [-0.2, 0) is 14.3 Å². The normalized spacial score (nSPS) is 14.6. The van der Waals surface area contributed by atoms with Crippen molar-refractivity contribution in [1.29, 1.82) is 0 Å². The van der Waals surface area contributed by atoms with E-state index in [1.807, 2.05) is 20.8 Å². The highest BCUT2D eigenvalue weighted by molar-refractivity contribution is 7.86. The topological polar surface area (TPSA) is 43.4 Å². The van der Waals surface area contributed by atoms with E-state index in [0.29, 0.717) is 0 Å². The van der Waals surface area contributed by atoms with Gasteiger partial charge in [0.1, 0.15) is 0 Å². The second-order valence-electron chi connectivity index (χ2n) is 5.46. The van der Waals surface area contributed by atoms with E-state index in [9.17, 15) is 8.42 Å². The summed E-state index contributed by atoms with van der Waals surface area (Å²) in [5, 5.41) is 0. The fourth-order valence-corrected chi connectivity index (χ4v) is 2.82. The molecule has 0 aromatic carbocycles. The lowest BCUT2D eigenvalue weighted by Crippen LogP contribution is -2.30. The monoisotopic (exact) mass is 208 g/mol. The Morgan fingerprint density at radius 1 is 1.00 bits per heavy atom. The maximum atomic E-state index is 11.4. The average molecular weight is 208 g/mol. The van der Waals surface area contributed by atoms with Gasteiger partial charge < -0.3 is 0 Å². The molecule has 4 heteroatoms. The quantitative estimate of drug-likeness (QED) is 0.653. The maximum Gasteiger partial charge on any atom is 0.268 e. The highest BCUT2D eigenvalue weighted by atomic mass is 32.2. The predicted molar refractivity (Wildman–Crippen MR) is 54.1 cm³/mol. The van der Waals surface area contributed by atoms with E-state index in [4.69, 9.17) is 4.18 Å². The minimum atomic E-state index is -3.40. The number of hydrogen-bond acceptors (Lipinski definition) is 3. The number of hydrogen-bond donors (Lipinski definition) is 0. The molecular formula is C9H20O3S. The molecule has 13 heavy (non-hydrogen) atoms. The van der Waals surface area contributed by atoms with Gasteiger partial charge in [0.25, 0.3) is 10.1 Å². The molecule has 0 radical (unpaired) electrons. The Hall–Kier alpha value is -0.0900. The Bertz CT molecular complexity index is 230. The average Bonchev–Trinajstić information content (AvgIpc) is 1.43. The van der Waals surface area contributed by atoms with Crippen LogP contribution in [0.1, 0.15) is 41.5 Å². The number of rotatable bonds is 2. The van der Waals surface area contributed by atoms with Gasteiger partial charge in [0, 0.05) is 0 Å². The smallest absolute Gasteiger partial charge is 0.264 e. The molecule has 0 unspecified atom stereocenters. The summed E-state index contributed by atoms with van der Waals surface area (Å²) in [6.07, 6.45) is 0. The second kappa shape index (κ2) is 3.58. The van der Waals surface area contributed by atoms with Crippen molar-refractivity contribution in [2.45, 2.75) is 47.1 Å². The van der Waals surface area contributed by atoms with Crippen LogP contribution >= 0.6 is 0 Å². The fourth-order valence-electron chi connectivity index (χ4n) is 0.941. The SMILES string of the molecule is CC(C)(C)CS(=O)(=O)OC(C)(C)C. The highest BCUT2D eigenvalue weighted by Crippen LogP contribution is 2.20. The molecule has 0 heterocycles. The summed E-state index contributed by atoms with van der Waals surface area (Å²) >= 11 is 0. The van der Waals surface area contributed by atoms with Crippen molar-refractivity contribution in [2.24, 2.45) is 5.41 Å². The van der Waals surface area contributed by atoms with Crippen molar-refractivity contribution in [2.75, 3.05) is 5.75 Å². The molecule has 0 aliphatic heterocycles.